The Balaban J connectivity index is 1.36. The zero-order chi connectivity index (χ0) is 24.8. The van der Waals surface area contributed by atoms with Gasteiger partial charge in [0.25, 0.3) is 5.91 Å². The molecule has 10 nitrogen and oxygen atoms in total. The van der Waals surface area contributed by atoms with E-state index in [9.17, 15) is 4.79 Å². The third kappa shape index (κ3) is 3.67. The molecule has 0 N–H and O–H groups in total. The molecule has 0 aliphatic carbocycles. The number of aromatic nitrogens is 4. The van der Waals surface area contributed by atoms with E-state index in [1.807, 2.05) is 35.2 Å². The number of benzene rings is 2. The summed E-state index contributed by atoms with van der Waals surface area (Å²) in [5.74, 6) is 2.72. The smallest absolute Gasteiger partial charge is 0.254 e. The molecule has 0 radical (unpaired) electrons. The fraction of sp³-hybridized carbons (Fsp3) is 0.462. The molecule has 3 aliphatic rings. The van der Waals surface area contributed by atoms with Crippen LogP contribution in [0.25, 0.3) is 5.69 Å². The first-order valence-corrected chi connectivity index (χ1v) is 12.5. The summed E-state index contributed by atoms with van der Waals surface area (Å²) in [5, 5.41) is 12.8. The predicted molar refractivity (Wildman–Crippen MR) is 131 cm³/mol. The highest BCUT2D eigenvalue weighted by atomic mass is 16.7. The van der Waals surface area contributed by atoms with Crippen molar-refractivity contribution in [2.45, 2.75) is 44.7 Å². The van der Waals surface area contributed by atoms with Gasteiger partial charge in [-0.2, -0.15) is 4.68 Å². The number of nitrogens with zero attached hydrogens (tertiary/aromatic N) is 6. The van der Waals surface area contributed by atoms with Gasteiger partial charge < -0.3 is 19.1 Å². The standard InChI is InChI=1S/C26H30N6O4/c1-16-6-4-5-12-31(16)26(33)17-7-9-19(10-8-17)32-25(27-28-29-32)22-21-18(11-13-30(22)2)14-20-23(24(21)34-3)36-15-35-20/h7-10,14,16,22H,4-6,11-13,15H2,1-3H3/t16-,22-/m1/s1. The molecule has 3 aromatic rings. The lowest BCUT2D eigenvalue weighted by Gasteiger charge is -2.34. The second kappa shape index (κ2) is 9.09. The van der Waals surface area contributed by atoms with Gasteiger partial charge in [0.15, 0.2) is 17.3 Å². The number of methoxy groups -OCH3 is 1. The first-order valence-electron chi connectivity index (χ1n) is 12.5. The third-order valence-corrected chi connectivity index (χ3v) is 7.56. The Morgan fingerprint density at radius 2 is 1.97 bits per heavy atom. The van der Waals surface area contributed by atoms with Crippen molar-refractivity contribution in [3.63, 3.8) is 0 Å². The van der Waals surface area contributed by atoms with Gasteiger partial charge in [0.1, 0.15) is 6.04 Å². The molecule has 1 aromatic heterocycles. The van der Waals surface area contributed by atoms with Gasteiger partial charge in [-0.05, 0) is 86.0 Å². The summed E-state index contributed by atoms with van der Waals surface area (Å²) in [6.45, 7) is 3.94. The van der Waals surface area contributed by atoms with Crippen molar-refractivity contribution in [3.05, 3.63) is 52.8 Å². The Morgan fingerprint density at radius 3 is 2.75 bits per heavy atom. The minimum absolute atomic E-state index is 0.0763. The number of likely N-dealkylation sites (N-methyl/N-ethyl adjacent to an activating group) is 1. The minimum atomic E-state index is -0.247. The summed E-state index contributed by atoms with van der Waals surface area (Å²) in [5.41, 5.74) is 3.58. The van der Waals surface area contributed by atoms with E-state index in [4.69, 9.17) is 14.2 Å². The maximum atomic E-state index is 13.1. The Labute approximate surface area is 209 Å². The molecule has 36 heavy (non-hydrogen) atoms. The van der Waals surface area contributed by atoms with Crippen LogP contribution < -0.4 is 14.2 Å². The first-order chi connectivity index (χ1) is 17.6. The van der Waals surface area contributed by atoms with E-state index in [0.29, 0.717) is 28.6 Å². The largest absolute Gasteiger partial charge is 0.492 e. The molecule has 0 saturated carbocycles. The van der Waals surface area contributed by atoms with Gasteiger partial charge in [0.2, 0.25) is 12.5 Å². The number of hydrogen-bond donors (Lipinski definition) is 0. The molecule has 2 aromatic carbocycles. The molecular weight excluding hydrogens is 460 g/mol. The maximum absolute atomic E-state index is 13.1. The van der Waals surface area contributed by atoms with E-state index >= 15 is 0 Å². The van der Waals surface area contributed by atoms with Crippen LogP contribution in [0.4, 0.5) is 0 Å². The Hall–Kier alpha value is -3.66. The number of amides is 1. The molecule has 1 saturated heterocycles. The van der Waals surface area contributed by atoms with E-state index < -0.39 is 0 Å². The molecule has 3 aliphatic heterocycles. The second-order valence-corrected chi connectivity index (χ2v) is 9.69. The van der Waals surface area contributed by atoms with Crippen LogP contribution in [0.2, 0.25) is 0 Å². The quantitative estimate of drug-likeness (QED) is 0.551. The zero-order valence-electron chi connectivity index (χ0n) is 20.8. The molecule has 1 fully saturated rings. The molecule has 0 unspecified atom stereocenters. The summed E-state index contributed by atoms with van der Waals surface area (Å²) >= 11 is 0. The number of carbonyl (C=O) groups is 1. The monoisotopic (exact) mass is 490 g/mol. The van der Waals surface area contributed by atoms with Gasteiger partial charge in [-0.1, -0.05) is 0 Å². The van der Waals surface area contributed by atoms with Crippen molar-refractivity contribution in [2.75, 3.05) is 34.0 Å². The number of ether oxygens (including phenoxy) is 3. The van der Waals surface area contributed by atoms with E-state index in [1.54, 1.807) is 11.8 Å². The highest BCUT2D eigenvalue weighted by molar-refractivity contribution is 5.94. The van der Waals surface area contributed by atoms with Crippen molar-refractivity contribution in [1.29, 1.82) is 0 Å². The van der Waals surface area contributed by atoms with Crippen molar-refractivity contribution >= 4 is 5.91 Å². The number of tetrazole rings is 1. The van der Waals surface area contributed by atoms with Crippen molar-refractivity contribution in [2.24, 2.45) is 0 Å². The number of carbonyl (C=O) groups excluding carboxylic acids is 1. The normalized spacial score (nSPS) is 21.4. The summed E-state index contributed by atoms with van der Waals surface area (Å²) in [7, 11) is 3.70. The van der Waals surface area contributed by atoms with E-state index in [1.165, 1.54) is 6.42 Å². The van der Waals surface area contributed by atoms with Crippen LogP contribution in [0, 0.1) is 0 Å². The number of hydrogen-bond acceptors (Lipinski definition) is 8. The average Bonchev–Trinajstić information content (AvgIpc) is 3.57. The summed E-state index contributed by atoms with van der Waals surface area (Å²) in [4.78, 5) is 17.3. The Bertz CT molecular complexity index is 1290. The van der Waals surface area contributed by atoms with Crippen LogP contribution >= 0.6 is 0 Å². The van der Waals surface area contributed by atoms with Crippen LogP contribution in [0.3, 0.4) is 0 Å². The van der Waals surface area contributed by atoms with Crippen LogP contribution in [0.15, 0.2) is 30.3 Å². The molecule has 2 atom stereocenters. The molecule has 0 spiro atoms. The van der Waals surface area contributed by atoms with Gasteiger partial charge in [0, 0.05) is 30.3 Å². The summed E-state index contributed by atoms with van der Waals surface area (Å²) < 4.78 is 18.9. The van der Waals surface area contributed by atoms with Crippen LogP contribution in [0.5, 0.6) is 17.2 Å². The fourth-order valence-corrected chi connectivity index (χ4v) is 5.62. The van der Waals surface area contributed by atoms with Crippen LogP contribution in [-0.2, 0) is 6.42 Å². The van der Waals surface area contributed by atoms with E-state index in [2.05, 4.69) is 34.4 Å². The highest BCUT2D eigenvalue weighted by Gasteiger charge is 2.37. The molecule has 0 bridgehead atoms. The Kier molecular flexibility index (Phi) is 5.75. The van der Waals surface area contributed by atoms with Crippen molar-refractivity contribution in [1.82, 2.24) is 30.0 Å². The van der Waals surface area contributed by atoms with Crippen molar-refractivity contribution < 1.29 is 19.0 Å². The zero-order valence-corrected chi connectivity index (χ0v) is 20.8. The number of fused-ring (bicyclic) bond motifs is 2. The molecule has 1 amide bonds. The summed E-state index contributed by atoms with van der Waals surface area (Å²) in [6.07, 6.45) is 4.14. The van der Waals surface area contributed by atoms with Crippen LogP contribution in [0.1, 0.15) is 59.5 Å². The highest BCUT2D eigenvalue weighted by Crippen LogP contribution is 2.50. The molecule has 4 heterocycles. The van der Waals surface area contributed by atoms with Gasteiger partial charge in [-0.15, -0.1) is 5.10 Å². The first kappa shape index (κ1) is 22.8. The van der Waals surface area contributed by atoms with Crippen LogP contribution in [-0.4, -0.2) is 76.0 Å². The number of likely N-dealkylation sites (tertiary alicyclic amines) is 1. The Morgan fingerprint density at radius 1 is 1.14 bits per heavy atom. The third-order valence-electron chi connectivity index (χ3n) is 7.56. The average molecular weight is 491 g/mol. The fourth-order valence-electron chi connectivity index (χ4n) is 5.62. The molecule has 6 rings (SSSR count). The van der Waals surface area contributed by atoms with Gasteiger partial charge in [-0.3, -0.25) is 9.69 Å². The lowest BCUT2D eigenvalue weighted by Crippen LogP contribution is -2.42. The maximum Gasteiger partial charge on any atom is 0.254 e. The van der Waals surface area contributed by atoms with Gasteiger partial charge in [-0.25, -0.2) is 0 Å². The van der Waals surface area contributed by atoms with E-state index in [0.717, 1.165) is 49.2 Å². The second-order valence-electron chi connectivity index (χ2n) is 9.69. The van der Waals surface area contributed by atoms with E-state index in [-0.39, 0.29) is 24.8 Å². The van der Waals surface area contributed by atoms with Gasteiger partial charge in [0.05, 0.1) is 12.8 Å². The molecule has 188 valence electrons. The molecular formula is C26H30N6O4. The summed E-state index contributed by atoms with van der Waals surface area (Å²) in [6, 6.07) is 9.60. The SMILES string of the molecule is COc1c2c(cc3c1[C@H](c1nnnn1-c1ccc(C(=O)N4CCCC[C@H]4C)cc1)N(C)CC3)OCO2. The topological polar surface area (TPSA) is 94.8 Å². The minimum Gasteiger partial charge on any atom is -0.492 e. The lowest BCUT2D eigenvalue weighted by atomic mass is 9.90. The number of piperidine rings is 1. The molecule has 10 heteroatoms. The number of rotatable bonds is 4. The predicted octanol–water partition coefficient (Wildman–Crippen LogP) is 2.99. The lowest BCUT2D eigenvalue weighted by molar-refractivity contribution is 0.0635. The van der Waals surface area contributed by atoms with Crippen molar-refractivity contribution in [3.8, 4) is 22.9 Å². The van der Waals surface area contributed by atoms with Gasteiger partial charge >= 0.3 is 0 Å².